The molecule has 1 aromatic rings. The fourth-order valence-corrected chi connectivity index (χ4v) is 2.18. The van der Waals surface area contributed by atoms with Crippen molar-refractivity contribution in [2.45, 2.75) is 4.90 Å². The SMILES string of the molecule is O=S(=O)(O)c1cc(Cl)c(Cl)cc1Cl.[H-].[K+]. The van der Waals surface area contributed by atoms with Gasteiger partial charge in [0.25, 0.3) is 10.1 Å². The van der Waals surface area contributed by atoms with Crippen molar-refractivity contribution in [3.05, 3.63) is 27.2 Å². The normalized spacial score (nSPS) is 10.9. The standard InChI is InChI=1S/C6H3Cl3O3S.K.H/c7-3-1-5(9)6(2-4(3)8)13(10,11)12;;/h1-2H,(H,10,11,12);;/q;+1;-1. The minimum absolute atomic E-state index is 0. The first kappa shape index (κ1) is 15.6. The third kappa shape index (κ3) is 3.90. The van der Waals surface area contributed by atoms with Gasteiger partial charge in [0.1, 0.15) is 4.90 Å². The predicted octanol–water partition coefficient (Wildman–Crippen LogP) is 0.01000. The van der Waals surface area contributed by atoms with Crippen molar-refractivity contribution >= 4 is 44.9 Å². The van der Waals surface area contributed by atoms with Gasteiger partial charge in [-0.3, -0.25) is 4.55 Å². The van der Waals surface area contributed by atoms with Gasteiger partial charge in [0.05, 0.1) is 15.1 Å². The average molecular weight is 302 g/mol. The number of halogens is 3. The van der Waals surface area contributed by atoms with Crippen molar-refractivity contribution in [2.24, 2.45) is 0 Å². The largest absolute Gasteiger partial charge is 1.00 e. The van der Waals surface area contributed by atoms with Crippen LogP contribution in [0.1, 0.15) is 1.43 Å². The molecule has 14 heavy (non-hydrogen) atoms. The predicted molar refractivity (Wildman–Crippen MR) is 52.4 cm³/mol. The number of rotatable bonds is 1. The smallest absolute Gasteiger partial charge is 1.00 e. The summed E-state index contributed by atoms with van der Waals surface area (Å²) in [6.45, 7) is 0. The van der Waals surface area contributed by atoms with Crippen molar-refractivity contribution in [1.82, 2.24) is 0 Å². The first-order valence-electron chi connectivity index (χ1n) is 2.94. The van der Waals surface area contributed by atoms with Crippen LogP contribution >= 0.6 is 34.8 Å². The molecule has 1 aromatic carbocycles. The van der Waals surface area contributed by atoms with E-state index in [9.17, 15) is 8.42 Å². The molecule has 0 aliphatic rings. The van der Waals surface area contributed by atoms with Crippen LogP contribution in [0.3, 0.4) is 0 Å². The van der Waals surface area contributed by atoms with Crippen LogP contribution in [0.4, 0.5) is 0 Å². The monoisotopic (exact) mass is 300 g/mol. The van der Waals surface area contributed by atoms with Crippen LogP contribution in [0.15, 0.2) is 17.0 Å². The maximum atomic E-state index is 10.7. The van der Waals surface area contributed by atoms with E-state index in [4.69, 9.17) is 39.4 Å². The molecule has 0 saturated heterocycles. The van der Waals surface area contributed by atoms with Crippen LogP contribution in [0.5, 0.6) is 0 Å². The summed E-state index contributed by atoms with van der Waals surface area (Å²) in [7, 11) is -4.35. The second kappa shape index (κ2) is 5.81. The molecule has 0 radical (unpaired) electrons. The molecule has 0 aromatic heterocycles. The fourth-order valence-electron chi connectivity index (χ4n) is 0.702. The summed E-state index contributed by atoms with van der Waals surface area (Å²) in [5, 5.41) is -0.0327. The molecule has 0 unspecified atom stereocenters. The summed E-state index contributed by atoms with van der Waals surface area (Å²) in [6, 6.07) is 2.14. The molecule has 0 bridgehead atoms. The maximum Gasteiger partial charge on any atom is 1.00 e. The summed E-state index contributed by atoms with van der Waals surface area (Å²) >= 11 is 16.6. The van der Waals surface area contributed by atoms with Crippen LogP contribution in [0.2, 0.25) is 15.1 Å². The Balaban J connectivity index is 0. The van der Waals surface area contributed by atoms with E-state index in [0.29, 0.717) is 0 Å². The molecule has 8 heteroatoms. The Morgan fingerprint density at radius 3 is 1.93 bits per heavy atom. The summed E-state index contributed by atoms with van der Waals surface area (Å²) in [4.78, 5) is -0.455. The molecule has 0 amide bonds. The van der Waals surface area contributed by atoms with Gasteiger partial charge in [-0.05, 0) is 12.1 Å². The van der Waals surface area contributed by atoms with Crippen LogP contribution < -0.4 is 51.4 Å². The Bertz CT molecular complexity index is 451. The molecule has 0 saturated carbocycles. The van der Waals surface area contributed by atoms with Crippen LogP contribution in [0, 0.1) is 0 Å². The van der Waals surface area contributed by atoms with E-state index in [1.165, 1.54) is 0 Å². The summed E-state index contributed by atoms with van der Waals surface area (Å²) < 4.78 is 30.0. The third-order valence-electron chi connectivity index (χ3n) is 1.25. The van der Waals surface area contributed by atoms with Gasteiger partial charge >= 0.3 is 51.4 Å². The second-order valence-corrected chi connectivity index (χ2v) is 4.78. The molecule has 1 N–H and O–H groups in total. The molecule has 0 spiro atoms. The number of hydrogen-bond donors (Lipinski definition) is 1. The quantitative estimate of drug-likeness (QED) is 0.452. The Morgan fingerprint density at radius 1 is 1.07 bits per heavy atom. The van der Waals surface area contributed by atoms with Gasteiger partial charge in [0.15, 0.2) is 0 Å². The zero-order chi connectivity index (χ0) is 10.2. The first-order valence-corrected chi connectivity index (χ1v) is 5.52. The fraction of sp³-hybridized carbons (Fsp3) is 0. The van der Waals surface area contributed by atoms with Gasteiger partial charge in [-0.25, -0.2) is 0 Å². The summed E-state index contributed by atoms with van der Waals surface area (Å²) in [5.41, 5.74) is 0. The molecule has 3 nitrogen and oxygen atoms in total. The molecule has 0 aliphatic heterocycles. The van der Waals surface area contributed by atoms with E-state index in [-0.39, 0.29) is 67.9 Å². The third-order valence-corrected chi connectivity index (χ3v) is 3.29. The molecule has 74 valence electrons. The Morgan fingerprint density at radius 2 is 1.50 bits per heavy atom. The average Bonchev–Trinajstić information content (AvgIpc) is 1.94. The van der Waals surface area contributed by atoms with E-state index >= 15 is 0 Å². The van der Waals surface area contributed by atoms with Gasteiger partial charge in [-0.2, -0.15) is 8.42 Å². The van der Waals surface area contributed by atoms with Crippen molar-refractivity contribution in [3.63, 3.8) is 0 Å². The topological polar surface area (TPSA) is 54.4 Å². The molecule has 0 aliphatic carbocycles. The van der Waals surface area contributed by atoms with Crippen molar-refractivity contribution in [2.75, 3.05) is 0 Å². The van der Waals surface area contributed by atoms with E-state index in [1.807, 2.05) is 0 Å². The molecule has 1 rings (SSSR count). The van der Waals surface area contributed by atoms with Crippen molar-refractivity contribution in [1.29, 1.82) is 0 Å². The van der Waals surface area contributed by atoms with Crippen LogP contribution in [-0.2, 0) is 10.1 Å². The van der Waals surface area contributed by atoms with Gasteiger partial charge in [-0.1, -0.05) is 34.8 Å². The number of benzene rings is 1. The minimum Gasteiger partial charge on any atom is -1.00 e. The van der Waals surface area contributed by atoms with E-state index < -0.39 is 15.0 Å². The van der Waals surface area contributed by atoms with Crippen molar-refractivity contribution in [3.8, 4) is 0 Å². The maximum absolute atomic E-state index is 10.7. The Kier molecular flexibility index (Phi) is 6.49. The minimum atomic E-state index is -4.35. The van der Waals surface area contributed by atoms with Crippen molar-refractivity contribution < 1.29 is 65.8 Å². The van der Waals surface area contributed by atoms with E-state index in [2.05, 4.69) is 0 Å². The second-order valence-electron chi connectivity index (χ2n) is 2.17. The summed E-state index contributed by atoms with van der Waals surface area (Å²) in [6.07, 6.45) is 0. The molecule has 0 atom stereocenters. The van der Waals surface area contributed by atoms with Gasteiger partial charge in [0.2, 0.25) is 0 Å². The first-order chi connectivity index (χ1) is 5.82. The van der Waals surface area contributed by atoms with Crippen LogP contribution in [-0.4, -0.2) is 13.0 Å². The molecule has 0 heterocycles. The zero-order valence-electron chi connectivity index (χ0n) is 7.96. The molecular weight excluding hydrogens is 298 g/mol. The Hall–Kier alpha value is 1.64. The molecular formula is C6H4Cl3KO3S. The Labute approximate surface area is 140 Å². The molecule has 0 fully saturated rings. The van der Waals surface area contributed by atoms with E-state index in [0.717, 1.165) is 12.1 Å². The zero-order valence-corrected chi connectivity index (χ0v) is 13.2. The van der Waals surface area contributed by atoms with Crippen LogP contribution in [0.25, 0.3) is 0 Å². The van der Waals surface area contributed by atoms with Gasteiger partial charge in [-0.15, -0.1) is 0 Å². The van der Waals surface area contributed by atoms with Gasteiger partial charge < -0.3 is 1.43 Å². The summed E-state index contributed by atoms with van der Waals surface area (Å²) in [5.74, 6) is 0. The van der Waals surface area contributed by atoms with Gasteiger partial charge in [0, 0.05) is 0 Å². The van der Waals surface area contributed by atoms with E-state index in [1.54, 1.807) is 0 Å². The number of hydrogen-bond acceptors (Lipinski definition) is 2.